The molecule has 0 radical (unpaired) electrons. The van der Waals surface area contributed by atoms with E-state index in [-0.39, 0.29) is 18.5 Å². The monoisotopic (exact) mass is 402 g/mol. The van der Waals surface area contributed by atoms with Crippen LogP contribution in [0.25, 0.3) is 0 Å². The SMILES string of the molecule is CC[C@H](NC(=O)[C@H]1CN(S(C)(=O)=O)c2ccccc2O1)c1ccc(C)cc1C. The van der Waals surface area contributed by atoms with Crippen molar-refractivity contribution in [1.82, 2.24) is 5.32 Å². The highest BCUT2D eigenvalue weighted by Crippen LogP contribution is 2.34. The maximum Gasteiger partial charge on any atom is 0.263 e. The molecular formula is C21H26N2O4S. The second-order valence-electron chi connectivity index (χ2n) is 7.20. The van der Waals surface area contributed by atoms with Gasteiger partial charge < -0.3 is 10.1 Å². The average molecular weight is 403 g/mol. The van der Waals surface area contributed by atoms with Gasteiger partial charge in [-0.25, -0.2) is 8.42 Å². The van der Waals surface area contributed by atoms with E-state index in [4.69, 9.17) is 4.74 Å². The predicted molar refractivity (Wildman–Crippen MR) is 110 cm³/mol. The van der Waals surface area contributed by atoms with Crippen LogP contribution in [0.2, 0.25) is 0 Å². The Hall–Kier alpha value is -2.54. The van der Waals surface area contributed by atoms with Crippen LogP contribution >= 0.6 is 0 Å². The van der Waals surface area contributed by atoms with Gasteiger partial charge in [0.2, 0.25) is 10.0 Å². The van der Waals surface area contributed by atoms with Gasteiger partial charge in [0, 0.05) is 0 Å². The Morgan fingerprint density at radius 1 is 1.25 bits per heavy atom. The number of sulfonamides is 1. The highest BCUT2D eigenvalue weighted by molar-refractivity contribution is 7.92. The molecule has 7 heteroatoms. The molecule has 1 aliphatic heterocycles. The fourth-order valence-electron chi connectivity index (χ4n) is 3.53. The van der Waals surface area contributed by atoms with E-state index in [2.05, 4.69) is 11.4 Å². The molecule has 0 aliphatic carbocycles. The summed E-state index contributed by atoms with van der Waals surface area (Å²) in [5.74, 6) is 0.0638. The molecule has 1 aliphatic rings. The number of benzene rings is 2. The number of ether oxygens (including phenoxy) is 1. The maximum atomic E-state index is 12.9. The first kappa shape index (κ1) is 20.2. The molecule has 0 unspecified atom stereocenters. The molecule has 0 fully saturated rings. The molecular weight excluding hydrogens is 376 g/mol. The highest BCUT2D eigenvalue weighted by atomic mass is 32.2. The Bertz CT molecular complexity index is 988. The van der Waals surface area contributed by atoms with Gasteiger partial charge in [-0.3, -0.25) is 9.10 Å². The van der Waals surface area contributed by atoms with Crippen LogP contribution in [0, 0.1) is 13.8 Å². The van der Waals surface area contributed by atoms with E-state index in [9.17, 15) is 13.2 Å². The molecule has 2 aromatic rings. The van der Waals surface area contributed by atoms with Gasteiger partial charge >= 0.3 is 0 Å². The number of carbonyl (C=O) groups is 1. The fraction of sp³-hybridized carbons (Fsp3) is 0.381. The number of anilines is 1. The van der Waals surface area contributed by atoms with E-state index in [0.29, 0.717) is 11.4 Å². The molecule has 3 rings (SSSR count). The molecule has 1 amide bonds. The van der Waals surface area contributed by atoms with E-state index in [1.165, 1.54) is 9.87 Å². The maximum absolute atomic E-state index is 12.9. The van der Waals surface area contributed by atoms with Gasteiger partial charge in [-0.15, -0.1) is 0 Å². The number of nitrogens with zero attached hydrogens (tertiary/aromatic N) is 1. The average Bonchev–Trinajstić information content (AvgIpc) is 2.64. The lowest BCUT2D eigenvalue weighted by molar-refractivity contribution is -0.128. The molecule has 6 nitrogen and oxygen atoms in total. The topological polar surface area (TPSA) is 75.7 Å². The summed E-state index contributed by atoms with van der Waals surface area (Å²) in [5.41, 5.74) is 3.78. The predicted octanol–water partition coefficient (Wildman–Crippen LogP) is 3.10. The second kappa shape index (κ2) is 7.83. The zero-order valence-electron chi connectivity index (χ0n) is 16.6. The summed E-state index contributed by atoms with van der Waals surface area (Å²) < 4.78 is 31.5. The van der Waals surface area contributed by atoms with Crippen molar-refractivity contribution in [1.29, 1.82) is 0 Å². The van der Waals surface area contributed by atoms with E-state index in [0.717, 1.165) is 23.8 Å². The van der Waals surface area contributed by atoms with Gasteiger partial charge in [-0.2, -0.15) is 0 Å². The number of amides is 1. The van der Waals surface area contributed by atoms with Gasteiger partial charge in [0.25, 0.3) is 5.91 Å². The third-order valence-electron chi connectivity index (χ3n) is 4.95. The molecule has 2 aromatic carbocycles. The number of aryl methyl sites for hydroxylation is 2. The van der Waals surface area contributed by atoms with Crippen LogP contribution < -0.4 is 14.4 Å². The minimum Gasteiger partial charge on any atom is -0.476 e. The lowest BCUT2D eigenvalue weighted by Crippen LogP contribution is -2.51. The van der Waals surface area contributed by atoms with Gasteiger partial charge in [0.05, 0.1) is 24.5 Å². The summed E-state index contributed by atoms with van der Waals surface area (Å²) in [6.07, 6.45) is 0.938. The van der Waals surface area contributed by atoms with E-state index in [1.54, 1.807) is 24.3 Å². The van der Waals surface area contributed by atoms with Crippen LogP contribution in [0.1, 0.15) is 36.1 Å². The van der Waals surface area contributed by atoms with Crippen LogP contribution in [0.4, 0.5) is 5.69 Å². The summed E-state index contributed by atoms with van der Waals surface area (Å²) in [6.45, 7) is 6.01. The minimum atomic E-state index is -3.53. The minimum absolute atomic E-state index is 0.0506. The Kier molecular flexibility index (Phi) is 5.65. The number of nitrogens with one attached hydrogen (secondary N) is 1. The number of hydrogen-bond donors (Lipinski definition) is 1. The van der Waals surface area contributed by atoms with Crippen molar-refractivity contribution in [3.8, 4) is 5.75 Å². The first-order valence-electron chi connectivity index (χ1n) is 9.31. The van der Waals surface area contributed by atoms with Crippen molar-refractivity contribution >= 4 is 21.6 Å². The van der Waals surface area contributed by atoms with Gasteiger partial charge in [-0.05, 0) is 43.5 Å². The van der Waals surface area contributed by atoms with E-state index < -0.39 is 16.1 Å². The Balaban J connectivity index is 1.84. The zero-order valence-corrected chi connectivity index (χ0v) is 17.4. The van der Waals surface area contributed by atoms with E-state index >= 15 is 0 Å². The first-order valence-corrected chi connectivity index (χ1v) is 11.2. The van der Waals surface area contributed by atoms with Gasteiger partial charge in [-0.1, -0.05) is 42.8 Å². The van der Waals surface area contributed by atoms with Crippen LogP contribution in [0.15, 0.2) is 42.5 Å². The number of rotatable bonds is 5. The second-order valence-corrected chi connectivity index (χ2v) is 9.10. The lowest BCUT2D eigenvalue weighted by Gasteiger charge is -2.34. The quantitative estimate of drug-likeness (QED) is 0.834. The summed E-state index contributed by atoms with van der Waals surface area (Å²) in [7, 11) is -3.53. The molecule has 0 bridgehead atoms. The Morgan fingerprint density at radius 3 is 2.61 bits per heavy atom. The van der Waals surface area contributed by atoms with Crippen molar-refractivity contribution in [2.75, 3.05) is 17.1 Å². The summed E-state index contributed by atoms with van der Waals surface area (Å²) in [6, 6.07) is 12.8. The van der Waals surface area contributed by atoms with Crippen molar-refractivity contribution in [2.45, 2.75) is 39.3 Å². The molecule has 0 saturated carbocycles. The van der Waals surface area contributed by atoms with Gasteiger partial charge in [0.1, 0.15) is 5.75 Å². The number of hydrogen-bond acceptors (Lipinski definition) is 4. The van der Waals surface area contributed by atoms with Crippen molar-refractivity contribution < 1.29 is 17.9 Å². The molecule has 1 heterocycles. The Morgan fingerprint density at radius 2 is 1.96 bits per heavy atom. The van der Waals surface area contributed by atoms with Crippen LogP contribution in [0.3, 0.4) is 0 Å². The van der Waals surface area contributed by atoms with Crippen molar-refractivity contribution in [3.05, 3.63) is 59.2 Å². The third kappa shape index (κ3) is 4.14. The summed E-state index contributed by atoms with van der Waals surface area (Å²) in [5, 5.41) is 3.03. The number of para-hydroxylation sites is 2. The van der Waals surface area contributed by atoms with Gasteiger partial charge in [0.15, 0.2) is 6.10 Å². The standard InChI is InChI=1S/C21H26N2O4S/c1-5-17(16-11-10-14(2)12-15(16)3)22-21(24)20-13-23(28(4,25)26)18-8-6-7-9-19(18)27-20/h6-12,17,20H,5,13H2,1-4H3,(H,22,24)/t17-,20+/m0/s1. The first-order chi connectivity index (χ1) is 13.2. The summed E-state index contributed by atoms with van der Waals surface area (Å²) in [4.78, 5) is 12.9. The van der Waals surface area contributed by atoms with Crippen LogP contribution in [0.5, 0.6) is 5.75 Å². The smallest absolute Gasteiger partial charge is 0.263 e. The molecule has 0 saturated heterocycles. The fourth-order valence-corrected chi connectivity index (χ4v) is 4.45. The number of fused-ring (bicyclic) bond motifs is 1. The molecule has 28 heavy (non-hydrogen) atoms. The molecule has 150 valence electrons. The third-order valence-corrected chi connectivity index (χ3v) is 6.10. The van der Waals surface area contributed by atoms with E-state index in [1.807, 2.05) is 32.9 Å². The molecule has 0 aromatic heterocycles. The largest absolute Gasteiger partial charge is 0.476 e. The molecule has 1 N–H and O–H groups in total. The Labute approximate surface area is 166 Å². The molecule has 2 atom stereocenters. The van der Waals surface area contributed by atoms with Crippen molar-refractivity contribution in [2.24, 2.45) is 0 Å². The number of carbonyl (C=O) groups excluding carboxylic acids is 1. The van der Waals surface area contributed by atoms with Crippen LogP contribution in [-0.4, -0.2) is 33.2 Å². The van der Waals surface area contributed by atoms with Crippen molar-refractivity contribution in [3.63, 3.8) is 0 Å². The van der Waals surface area contributed by atoms with Crippen LogP contribution in [-0.2, 0) is 14.8 Å². The highest BCUT2D eigenvalue weighted by Gasteiger charge is 2.35. The lowest BCUT2D eigenvalue weighted by atomic mass is 9.97. The summed E-state index contributed by atoms with van der Waals surface area (Å²) >= 11 is 0. The molecule has 0 spiro atoms. The zero-order chi connectivity index (χ0) is 20.5. The normalized spacial score (nSPS) is 17.4.